The Morgan fingerprint density at radius 2 is 2.30 bits per heavy atom. The molecular formula is C13H19ClN2O4. The first-order chi connectivity index (χ1) is 9.44. The second kappa shape index (κ2) is 7.31. The molecule has 1 aromatic heterocycles. The van der Waals surface area contributed by atoms with Gasteiger partial charge in [0.15, 0.2) is 0 Å². The Morgan fingerprint density at radius 3 is 2.80 bits per heavy atom. The minimum atomic E-state index is -0.963. The Hall–Kier alpha value is -1.53. The van der Waals surface area contributed by atoms with Crippen LogP contribution in [0.2, 0.25) is 0 Å². The SMILES string of the molecule is COC(=O)C(C)(CC=CCCn1c(C)coc1=O)NCl. The van der Waals surface area contributed by atoms with Crippen molar-refractivity contribution in [3.63, 3.8) is 0 Å². The Kier molecular flexibility index (Phi) is 6.04. The van der Waals surface area contributed by atoms with Crippen LogP contribution in [0.4, 0.5) is 0 Å². The second-order valence-electron chi connectivity index (χ2n) is 4.68. The summed E-state index contributed by atoms with van der Waals surface area (Å²) in [6, 6.07) is 0. The normalized spacial score (nSPS) is 14.4. The van der Waals surface area contributed by atoms with E-state index in [1.807, 2.05) is 12.2 Å². The van der Waals surface area contributed by atoms with Crippen LogP contribution in [0.5, 0.6) is 0 Å². The average molecular weight is 303 g/mol. The molecular weight excluding hydrogens is 284 g/mol. The molecule has 0 fully saturated rings. The molecule has 1 rings (SSSR count). The van der Waals surface area contributed by atoms with Crippen LogP contribution in [-0.4, -0.2) is 23.2 Å². The van der Waals surface area contributed by atoms with Gasteiger partial charge in [-0.15, -0.1) is 0 Å². The smallest absolute Gasteiger partial charge is 0.419 e. The van der Waals surface area contributed by atoms with Crippen molar-refractivity contribution in [2.24, 2.45) is 0 Å². The molecule has 1 unspecified atom stereocenters. The zero-order valence-electron chi connectivity index (χ0n) is 11.8. The van der Waals surface area contributed by atoms with Crippen molar-refractivity contribution in [2.45, 2.75) is 38.8 Å². The van der Waals surface area contributed by atoms with Crippen molar-refractivity contribution in [2.75, 3.05) is 7.11 Å². The zero-order valence-corrected chi connectivity index (χ0v) is 12.6. The van der Waals surface area contributed by atoms with Crippen LogP contribution in [0.25, 0.3) is 0 Å². The van der Waals surface area contributed by atoms with E-state index in [2.05, 4.69) is 9.57 Å². The number of allylic oxidation sites excluding steroid dienone is 1. The fourth-order valence-electron chi connectivity index (χ4n) is 1.70. The summed E-state index contributed by atoms with van der Waals surface area (Å²) in [5.41, 5.74) is -0.180. The molecule has 20 heavy (non-hydrogen) atoms. The number of esters is 1. The zero-order chi connectivity index (χ0) is 15.2. The van der Waals surface area contributed by atoms with Crippen LogP contribution in [-0.2, 0) is 16.1 Å². The van der Waals surface area contributed by atoms with Crippen molar-refractivity contribution in [3.8, 4) is 0 Å². The van der Waals surface area contributed by atoms with Gasteiger partial charge in [-0.2, -0.15) is 0 Å². The third kappa shape index (κ3) is 3.98. The van der Waals surface area contributed by atoms with Crippen LogP contribution >= 0.6 is 11.8 Å². The number of ether oxygens (including phenoxy) is 1. The summed E-state index contributed by atoms with van der Waals surface area (Å²) in [6.45, 7) is 3.99. The molecule has 0 saturated heterocycles. The maximum atomic E-state index is 11.5. The average Bonchev–Trinajstić information content (AvgIpc) is 2.77. The quantitative estimate of drug-likeness (QED) is 0.472. The summed E-state index contributed by atoms with van der Waals surface area (Å²) >= 11 is 5.58. The van der Waals surface area contributed by atoms with Crippen LogP contribution in [0.1, 0.15) is 25.5 Å². The molecule has 0 amide bonds. The highest BCUT2D eigenvalue weighted by Gasteiger charge is 2.32. The first-order valence-corrected chi connectivity index (χ1v) is 6.58. The van der Waals surface area contributed by atoms with E-state index in [1.54, 1.807) is 18.4 Å². The number of methoxy groups -OCH3 is 1. The van der Waals surface area contributed by atoms with Gasteiger partial charge >= 0.3 is 11.7 Å². The number of oxazole rings is 1. The highest BCUT2D eigenvalue weighted by Crippen LogP contribution is 2.14. The van der Waals surface area contributed by atoms with Gasteiger partial charge in [0.25, 0.3) is 0 Å². The summed E-state index contributed by atoms with van der Waals surface area (Å²) in [4.78, 5) is 25.3. The first kappa shape index (κ1) is 16.5. The van der Waals surface area contributed by atoms with Gasteiger partial charge in [0.2, 0.25) is 0 Å². The molecule has 0 spiro atoms. The topological polar surface area (TPSA) is 73.5 Å². The summed E-state index contributed by atoms with van der Waals surface area (Å²) in [6.07, 6.45) is 6.18. The van der Waals surface area contributed by atoms with Gasteiger partial charge in [-0.05, 0) is 38.5 Å². The van der Waals surface area contributed by atoms with Gasteiger partial charge in [0.05, 0.1) is 12.8 Å². The lowest BCUT2D eigenvalue weighted by atomic mass is 9.99. The van der Waals surface area contributed by atoms with E-state index in [-0.39, 0.29) is 5.76 Å². The number of halogens is 1. The lowest BCUT2D eigenvalue weighted by molar-refractivity contribution is -0.146. The third-order valence-corrected chi connectivity index (χ3v) is 3.45. The monoisotopic (exact) mass is 302 g/mol. The van der Waals surface area contributed by atoms with Crippen molar-refractivity contribution in [3.05, 3.63) is 34.7 Å². The number of nitrogens with one attached hydrogen (secondary N) is 1. The summed E-state index contributed by atoms with van der Waals surface area (Å²) in [7, 11) is 1.31. The Balaban J connectivity index is 2.50. The number of rotatable bonds is 7. The molecule has 0 radical (unpaired) electrons. The third-order valence-electron chi connectivity index (χ3n) is 3.03. The number of hydrogen-bond donors (Lipinski definition) is 1. The number of aryl methyl sites for hydroxylation is 1. The van der Waals surface area contributed by atoms with E-state index in [0.29, 0.717) is 19.4 Å². The summed E-state index contributed by atoms with van der Waals surface area (Å²) in [5, 5.41) is 0. The van der Waals surface area contributed by atoms with E-state index in [1.165, 1.54) is 13.4 Å². The molecule has 1 heterocycles. The first-order valence-electron chi connectivity index (χ1n) is 6.20. The molecule has 1 N–H and O–H groups in total. The van der Waals surface area contributed by atoms with E-state index >= 15 is 0 Å². The van der Waals surface area contributed by atoms with Crippen LogP contribution in [0.3, 0.4) is 0 Å². The van der Waals surface area contributed by atoms with E-state index < -0.39 is 11.5 Å². The standard InChI is InChI=1S/C13H19ClN2O4/c1-10-9-20-12(18)16(10)8-6-4-5-7-13(2,15-14)11(17)19-3/h4-5,9,15H,6-8H2,1-3H3. The number of carbonyl (C=O) groups excluding carboxylic acids is 1. The molecule has 1 aromatic rings. The molecule has 6 nitrogen and oxygen atoms in total. The van der Waals surface area contributed by atoms with Crippen molar-refractivity contribution in [1.82, 2.24) is 9.40 Å². The van der Waals surface area contributed by atoms with Gasteiger partial charge in [0, 0.05) is 6.54 Å². The minimum absolute atomic E-state index is 0.363. The van der Waals surface area contributed by atoms with Gasteiger partial charge in [-0.3, -0.25) is 9.36 Å². The Labute approximate surface area is 122 Å². The molecule has 0 aliphatic heterocycles. The van der Waals surface area contributed by atoms with E-state index in [4.69, 9.17) is 16.2 Å². The van der Waals surface area contributed by atoms with Crippen molar-refractivity contribution in [1.29, 1.82) is 0 Å². The molecule has 0 aliphatic carbocycles. The molecule has 1 atom stereocenters. The van der Waals surface area contributed by atoms with Crippen LogP contribution in [0, 0.1) is 6.92 Å². The number of nitrogens with zero attached hydrogens (tertiary/aromatic N) is 1. The molecule has 0 bridgehead atoms. The van der Waals surface area contributed by atoms with Gasteiger partial charge < -0.3 is 9.15 Å². The van der Waals surface area contributed by atoms with Gasteiger partial charge in [0.1, 0.15) is 11.8 Å². The highest BCUT2D eigenvalue weighted by atomic mass is 35.5. The maximum absolute atomic E-state index is 11.5. The van der Waals surface area contributed by atoms with Crippen molar-refractivity contribution >= 4 is 17.7 Å². The number of carbonyl (C=O) groups is 1. The largest absolute Gasteiger partial charge is 0.468 e. The van der Waals surface area contributed by atoms with Crippen molar-refractivity contribution < 1.29 is 13.9 Å². The predicted octanol–water partition coefficient (Wildman–Crippen LogP) is 1.76. The summed E-state index contributed by atoms with van der Waals surface area (Å²) in [5.74, 6) is -0.795. The van der Waals surface area contributed by atoms with Crippen LogP contribution < -0.4 is 10.6 Å². The predicted molar refractivity (Wildman–Crippen MR) is 75.5 cm³/mol. The lowest BCUT2D eigenvalue weighted by Crippen LogP contribution is -2.45. The molecule has 0 saturated carbocycles. The van der Waals surface area contributed by atoms with Gasteiger partial charge in [-0.1, -0.05) is 12.2 Å². The number of hydrogen-bond acceptors (Lipinski definition) is 5. The van der Waals surface area contributed by atoms with E-state index in [0.717, 1.165) is 5.69 Å². The summed E-state index contributed by atoms with van der Waals surface area (Å²) < 4.78 is 11.0. The molecule has 0 aliphatic rings. The van der Waals surface area contributed by atoms with Gasteiger partial charge in [-0.25, -0.2) is 9.63 Å². The Bertz CT molecular complexity index is 535. The van der Waals surface area contributed by atoms with E-state index in [9.17, 15) is 9.59 Å². The molecule has 112 valence electrons. The molecule has 0 aromatic carbocycles. The fourth-order valence-corrected chi connectivity index (χ4v) is 1.86. The minimum Gasteiger partial charge on any atom is -0.468 e. The maximum Gasteiger partial charge on any atom is 0.419 e. The van der Waals surface area contributed by atoms with Crippen LogP contribution in [0.15, 0.2) is 27.6 Å². The second-order valence-corrected chi connectivity index (χ2v) is 4.87. The molecule has 7 heteroatoms. The highest BCUT2D eigenvalue weighted by molar-refractivity contribution is 6.15. The lowest BCUT2D eigenvalue weighted by Gasteiger charge is -2.22. The Morgan fingerprint density at radius 1 is 1.60 bits per heavy atom. The number of aromatic nitrogens is 1. The fraction of sp³-hybridized carbons (Fsp3) is 0.538.